The summed E-state index contributed by atoms with van der Waals surface area (Å²) >= 11 is 1.34. The summed E-state index contributed by atoms with van der Waals surface area (Å²) in [6.07, 6.45) is 1.41. The first kappa shape index (κ1) is 19.1. The average molecular weight is 385 g/mol. The maximum atomic E-state index is 11.9. The van der Waals surface area contributed by atoms with Crippen molar-refractivity contribution in [3.05, 3.63) is 42.0 Å². The first-order chi connectivity index (χ1) is 13.1. The number of fused-ring (bicyclic) bond motifs is 1. The third kappa shape index (κ3) is 4.93. The second kappa shape index (κ2) is 8.79. The van der Waals surface area contributed by atoms with Gasteiger partial charge in [-0.1, -0.05) is 29.0 Å². The largest absolute Gasteiger partial charge is 0.396 e. The highest BCUT2D eigenvalue weighted by molar-refractivity contribution is 7.22. The molecule has 0 radical (unpaired) electrons. The third-order valence-corrected chi connectivity index (χ3v) is 4.98. The molecule has 0 bridgehead atoms. The zero-order valence-corrected chi connectivity index (χ0v) is 16.2. The molecule has 0 spiro atoms. The fraction of sp³-hybridized carbons (Fsp3) is 0.316. The van der Waals surface area contributed by atoms with Crippen molar-refractivity contribution < 1.29 is 9.90 Å². The van der Waals surface area contributed by atoms with E-state index in [1.807, 2.05) is 24.1 Å². The van der Waals surface area contributed by atoms with Gasteiger partial charge in [-0.25, -0.2) is 14.8 Å². The quantitative estimate of drug-likeness (QED) is 0.540. The Balaban J connectivity index is 1.69. The number of unbranched alkanes of at least 4 members (excludes halogenated alkanes) is 1. The van der Waals surface area contributed by atoms with E-state index < -0.39 is 0 Å². The molecule has 2 heterocycles. The number of nitrogens with one attached hydrogen (secondary N) is 2. The number of anilines is 3. The zero-order valence-electron chi connectivity index (χ0n) is 15.4. The van der Waals surface area contributed by atoms with Crippen LogP contribution in [0.1, 0.15) is 18.4 Å². The fourth-order valence-corrected chi connectivity index (χ4v) is 3.36. The molecule has 2 amide bonds. The van der Waals surface area contributed by atoms with Gasteiger partial charge in [-0.2, -0.15) is 0 Å². The molecule has 0 unspecified atom stereocenters. The van der Waals surface area contributed by atoms with Crippen molar-refractivity contribution in [2.75, 3.05) is 30.4 Å². The average Bonchev–Trinajstić information content (AvgIpc) is 3.06. The van der Waals surface area contributed by atoms with Crippen LogP contribution in [-0.2, 0) is 0 Å². The number of aryl methyl sites for hydroxylation is 1. The van der Waals surface area contributed by atoms with E-state index >= 15 is 0 Å². The van der Waals surface area contributed by atoms with E-state index in [0.717, 1.165) is 28.3 Å². The van der Waals surface area contributed by atoms with Crippen molar-refractivity contribution >= 4 is 44.4 Å². The summed E-state index contributed by atoms with van der Waals surface area (Å²) in [5.41, 5.74) is 3.01. The molecule has 3 aromatic rings. The smallest absolute Gasteiger partial charge is 0.321 e. The Morgan fingerprint density at radius 2 is 1.93 bits per heavy atom. The number of benzene rings is 1. The summed E-state index contributed by atoms with van der Waals surface area (Å²) in [6.45, 7) is 2.70. The van der Waals surface area contributed by atoms with E-state index in [9.17, 15) is 4.79 Å². The molecule has 0 aliphatic carbocycles. The molecular formula is C19H23N5O2S. The standard InChI is InChI=1S/C19H23N5O2S/c1-13-5-7-14(8-6-13)24(2)16-10-9-15-17(22-16)27-19(21-15)23-18(26)20-11-3-4-12-25/h5-10,25H,3-4,11-12H2,1-2H3,(H2,20,21,23,26). The van der Waals surface area contributed by atoms with Crippen molar-refractivity contribution in [1.82, 2.24) is 15.3 Å². The van der Waals surface area contributed by atoms with Gasteiger partial charge in [-0.3, -0.25) is 5.32 Å². The van der Waals surface area contributed by atoms with Crippen LogP contribution in [0.15, 0.2) is 36.4 Å². The number of nitrogens with zero attached hydrogens (tertiary/aromatic N) is 3. The molecule has 0 aliphatic heterocycles. The maximum Gasteiger partial charge on any atom is 0.321 e. The maximum absolute atomic E-state index is 11.9. The summed E-state index contributed by atoms with van der Waals surface area (Å²) in [6, 6.07) is 11.8. The van der Waals surface area contributed by atoms with Gasteiger partial charge < -0.3 is 15.3 Å². The molecule has 0 atom stereocenters. The molecule has 7 nitrogen and oxygen atoms in total. The number of pyridine rings is 1. The lowest BCUT2D eigenvalue weighted by molar-refractivity contribution is 0.250. The van der Waals surface area contributed by atoms with Gasteiger partial charge in [0.05, 0.1) is 0 Å². The van der Waals surface area contributed by atoms with Gasteiger partial charge in [0.1, 0.15) is 16.2 Å². The van der Waals surface area contributed by atoms with Gasteiger partial charge in [-0.15, -0.1) is 0 Å². The minimum atomic E-state index is -0.302. The predicted molar refractivity (Wildman–Crippen MR) is 110 cm³/mol. The molecule has 0 saturated heterocycles. The molecule has 3 rings (SSSR count). The molecule has 0 saturated carbocycles. The van der Waals surface area contributed by atoms with Gasteiger partial charge >= 0.3 is 6.03 Å². The van der Waals surface area contributed by atoms with Crippen LogP contribution in [0.2, 0.25) is 0 Å². The fourth-order valence-electron chi connectivity index (χ4n) is 2.53. The van der Waals surface area contributed by atoms with E-state index in [1.165, 1.54) is 16.9 Å². The lowest BCUT2D eigenvalue weighted by Crippen LogP contribution is -2.29. The number of carbonyl (C=O) groups excluding carboxylic acids is 1. The van der Waals surface area contributed by atoms with Crippen LogP contribution in [0.25, 0.3) is 10.3 Å². The normalized spacial score (nSPS) is 10.8. The van der Waals surface area contributed by atoms with E-state index in [-0.39, 0.29) is 12.6 Å². The lowest BCUT2D eigenvalue weighted by Gasteiger charge is -2.18. The molecule has 8 heteroatoms. The highest BCUT2D eigenvalue weighted by Crippen LogP contribution is 2.29. The van der Waals surface area contributed by atoms with Gasteiger partial charge in [0.15, 0.2) is 5.13 Å². The van der Waals surface area contributed by atoms with Crippen LogP contribution in [0.5, 0.6) is 0 Å². The van der Waals surface area contributed by atoms with E-state index in [0.29, 0.717) is 18.1 Å². The molecular weight excluding hydrogens is 362 g/mol. The number of amides is 2. The lowest BCUT2D eigenvalue weighted by atomic mass is 10.2. The van der Waals surface area contributed by atoms with Gasteiger partial charge in [-0.05, 0) is 44.0 Å². The molecule has 2 aromatic heterocycles. The number of rotatable bonds is 7. The summed E-state index contributed by atoms with van der Waals surface area (Å²) in [4.78, 5) is 23.8. The number of aliphatic hydroxyl groups excluding tert-OH is 1. The van der Waals surface area contributed by atoms with Crippen LogP contribution in [0.4, 0.5) is 21.4 Å². The third-order valence-electron chi connectivity index (χ3n) is 4.10. The van der Waals surface area contributed by atoms with Gasteiger partial charge in [0.2, 0.25) is 0 Å². The first-order valence-electron chi connectivity index (χ1n) is 8.80. The van der Waals surface area contributed by atoms with Crippen LogP contribution in [0, 0.1) is 6.92 Å². The van der Waals surface area contributed by atoms with E-state index in [1.54, 1.807) is 0 Å². The topological polar surface area (TPSA) is 90.4 Å². The van der Waals surface area contributed by atoms with Gasteiger partial charge in [0, 0.05) is 25.9 Å². The zero-order chi connectivity index (χ0) is 19.2. The molecule has 3 N–H and O–H groups in total. The monoisotopic (exact) mass is 385 g/mol. The summed E-state index contributed by atoms with van der Waals surface area (Å²) in [5.74, 6) is 0.815. The van der Waals surface area contributed by atoms with Crippen LogP contribution in [0.3, 0.4) is 0 Å². The molecule has 27 heavy (non-hydrogen) atoms. The van der Waals surface area contributed by atoms with Gasteiger partial charge in [0.25, 0.3) is 0 Å². The highest BCUT2D eigenvalue weighted by Gasteiger charge is 2.11. The number of aliphatic hydroxyl groups is 1. The van der Waals surface area contributed by atoms with Crippen molar-refractivity contribution in [1.29, 1.82) is 0 Å². The SMILES string of the molecule is Cc1ccc(N(C)c2ccc3nc(NC(=O)NCCCCO)sc3n2)cc1. The van der Waals surface area contributed by atoms with Crippen LogP contribution >= 0.6 is 11.3 Å². The Morgan fingerprint density at radius 3 is 2.67 bits per heavy atom. The predicted octanol–water partition coefficient (Wildman–Crippen LogP) is 3.66. The molecule has 1 aromatic carbocycles. The molecule has 0 aliphatic rings. The van der Waals surface area contributed by atoms with E-state index in [4.69, 9.17) is 5.11 Å². The van der Waals surface area contributed by atoms with Crippen molar-refractivity contribution in [3.8, 4) is 0 Å². The molecule has 142 valence electrons. The Labute approximate surface area is 162 Å². The Kier molecular flexibility index (Phi) is 6.20. The minimum absolute atomic E-state index is 0.131. The van der Waals surface area contributed by atoms with Crippen LogP contribution < -0.4 is 15.5 Å². The van der Waals surface area contributed by atoms with Crippen molar-refractivity contribution in [3.63, 3.8) is 0 Å². The Morgan fingerprint density at radius 1 is 1.15 bits per heavy atom. The highest BCUT2D eigenvalue weighted by atomic mass is 32.1. The Hall–Kier alpha value is -2.71. The summed E-state index contributed by atoms with van der Waals surface area (Å²) in [7, 11) is 1.97. The van der Waals surface area contributed by atoms with E-state index in [2.05, 4.69) is 51.8 Å². The number of thiazole rings is 1. The summed E-state index contributed by atoms with van der Waals surface area (Å²) in [5, 5.41) is 14.7. The number of urea groups is 1. The Bertz CT molecular complexity index is 910. The van der Waals surface area contributed by atoms with Crippen molar-refractivity contribution in [2.45, 2.75) is 19.8 Å². The number of hydrogen-bond donors (Lipinski definition) is 3. The first-order valence-corrected chi connectivity index (χ1v) is 9.62. The molecule has 0 fully saturated rings. The number of aromatic nitrogens is 2. The summed E-state index contributed by atoms with van der Waals surface area (Å²) < 4.78 is 0. The number of hydrogen-bond acceptors (Lipinski definition) is 6. The van der Waals surface area contributed by atoms with Crippen LogP contribution in [-0.4, -0.2) is 41.3 Å². The second-order valence-corrected chi connectivity index (χ2v) is 7.20. The number of carbonyl (C=O) groups is 1. The van der Waals surface area contributed by atoms with Crippen molar-refractivity contribution in [2.24, 2.45) is 0 Å². The second-order valence-electron chi connectivity index (χ2n) is 6.22. The minimum Gasteiger partial charge on any atom is -0.396 e.